The molecule has 1 unspecified atom stereocenters. The maximum Gasteiger partial charge on any atom is 0.410 e. The Labute approximate surface area is 108 Å². The highest BCUT2D eigenvalue weighted by atomic mass is 16.6. The molecule has 0 bridgehead atoms. The molecule has 18 heavy (non-hydrogen) atoms. The second kappa shape index (κ2) is 5.93. The van der Waals surface area contributed by atoms with E-state index < -0.39 is 11.7 Å². The number of alkyl carbamates (subject to hydrolysis) is 1. The summed E-state index contributed by atoms with van der Waals surface area (Å²) >= 11 is 0. The Hall–Kier alpha value is -1.46. The topological polar surface area (TPSA) is 67.9 Å². The normalized spacial score (nSPS) is 22.1. The van der Waals surface area contributed by atoms with E-state index in [9.17, 15) is 9.59 Å². The van der Waals surface area contributed by atoms with Crippen LogP contribution in [0.1, 0.15) is 34.1 Å². The maximum absolute atomic E-state index is 11.9. The van der Waals surface area contributed by atoms with Gasteiger partial charge in [0.25, 0.3) is 0 Å². The number of hydrogen-bond acceptors (Lipinski definition) is 4. The summed E-state index contributed by atoms with van der Waals surface area (Å²) in [4.78, 5) is 24.8. The van der Waals surface area contributed by atoms with Gasteiger partial charge in [-0.15, -0.1) is 0 Å². The molecule has 0 radical (unpaired) electrons. The summed E-state index contributed by atoms with van der Waals surface area (Å²) in [7, 11) is 0. The molecule has 1 aliphatic heterocycles. The van der Waals surface area contributed by atoms with Crippen molar-refractivity contribution in [2.24, 2.45) is 0 Å². The largest absolute Gasteiger partial charge is 0.446 e. The van der Waals surface area contributed by atoms with E-state index >= 15 is 0 Å². The first-order chi connectivity index (χ1) is 8.28. The summed E-state index contributed by atoms with van der Waals surface area (Å²) in [6.45, 7) is 8.60. The lowest BCUT2D eigenvalue weighted by Crippen LogP contribution is -2.41. The van der Waals surface area contributed by atoms with E-state index in [4.69, 9.17) is 9.47 Å². The second-order valence-electron chi connectivity index (χ2n) is 5.40. The van der Waals surface area contributed by atoms with Crippen LogP contribution < -0.4 is 5.32 Å². The Balaban J connectivity index is 2.58. The highest BCUT2D eigenvalue weighted by molar-refractivity contribution is 5.69. The third kappa shape index (κ3) is 5.25. The van der Waals surface area contributed by atoms with Crippen molar-refractivity contribution < 1.29 is 19.1 Å². The zero-order chi connectivity index (χ0) is 13.8. The van der Waals surface area contributed by atoms with Crippen LogP contribution in [0.2, 0.25) is 0 Å². The minimum Gasteiger partial charge on any atom is -0.446 e. The molecule has 0 spiro atoms. The number of nitrogens with one attached hydrogen (secondary N) is 1. The Morgan fingerprint density at radius 3 is 2.72 bits per heavy atom. The first-order valence-corrected chi connectivity index (χ1v) is 6.20. The number of nitrogens with zero attached hydrogens (tertiary/aromatic N) is 1. The molecule has 0 aromatic carbocycles. The quantitative estimate of drug-likeness (QED) is 0.718. The summed E-state index contributed by atoms with van der Waals surface area (Å²) in [5, 5.41) is 2.59. The zero-order valence-corrected chi connectivity index (χ0v) is 11.5. The van der Waals surface area contributed by atoms with Gasteiger partial charge in [0, 0.05) is 26.1 Å². The molecule has 6 heteroatoms. The fourth-order valence-corrected chi connectivity index (χ4v) is 1.53. The lowest BCUT2D eigenvalue weighted by atomic mass is 10.2. The lowest BCUT2D eigenvalue weighted by molar-refractivity contribution is 0.0239. The van der Waals surface area contributed by atoms with Crippen LogP contribution in [0.5, 0.6) is 0 Å². The molecule has 1 heterocycles. The Kier molecular flexibility index (Phi) is 4.81. The molecular weight excluding hydrogens is 236 g/mol. The standard InChI is InChI=1S/C12H22N2O4/c1-9-5-7-14(8-6-13-10(15)17-9)11(16)18-12(2,3)4/h9H,5-8H2,1-4H3,(H,13,15). The van der Waals surface area contributed by atoms with Gasteiger partial charge in [-0.3, -0.25) is 0 Å². The van der Waals surface area contributed by atoms with Crippen LogP contribution in [-0.2, 0) is 9.47 Å². The van der Waals surface area contributed by atoms with Crippen molar-refractivity contribution in [1.82, 2.24) is 10.2 Å². The van der Waals surface area contributed by atoms with Gasteiger partial charge in [0.15, 0.2) is 0 Å². The number of carbonyl (C=O) groups is 2. The van der Waals surface area contributed by atoms with E-state index in [0.29, 0.717) is 26.1 Å². The third-order valence-corrected chi connectivity index (χ3v) is 2.42. The van der Waals surface area contributed by atoms with Crippen LogP contribution in [0, 0.1) is 0 Å². The summed E-state index contributed by atoms with van der Waals surface area (Å²) in [6, 6.07) is 0. The van der Waals surface area contributed by atoms with Crippen molar-refractivity contribution in [3.63, 3.8) is 0 Å². The van der Waals surface area contributed by atoms with Gasteiger partial charge in [0.05, 0.1) is 0 Å². The van der Waals surface area contributed by atoms with E-state index in [-0.39, 0.29) is 12.2 Å². The molecule has 1 fully saturated rings. The van der Waals surface area contributed by atoms with Gasteiger partial charge in [-0.05, 0) is 27.7 Å². The molecule has 1 rings (SSSR count). The number of ether oxygens (including phenoxy) is 2. The van der Waals surface area contributed by atoms with E-state index in [1.165, 1.54) is 0 Å². The van der Waals surface area contributed by atoms with Crippen LogP contribution >= 0.6 is 0 Å². The molecule has 0 aromatic rings. The van der Waals surface area contributed by atoms with Crippen molar-refractivity contribution in [1.29, 1.82) is 0 Å². The van der Waals surface area contributed by atoms with Gasteiger partial charge < -0.3 is 19.7 Å². The molecular formula is C12H22N2O4. The van der Waals surface area contributed by atoms with E-state index in [2.05, 4.69) is 5.32 Å². The zero-order valence-electron chi connectivity index (χ0n) is 11.5. The third-order valence-electron chi connectivity index (χ3n) is 2.42. The van der Waals surface area contributed by atoms with E-state index in [1.54, 1.807) is 11.8 Å². The van der Waals surface area contributed by atoms with Crippen molar-refractivity contribution in [2.75, 3.05) is 19.6 Å². The summed E-state index contributed by atoms with van der Waals surface area (Å²) in [5.74, 6) is 0. The molecule has 1 aliphatic rings. The van der Waals surface area contributed by atoms with E-state index in [1.807, 2.05) is 20.8 Å². The van der Waals surface area contributed by atoms with Crippen LogP contribution in [0.3, 0.4) is 0 Å². The SMILES string of the molecule is CC1CCN(C(=O)OC(C)(C)C)CCNC(=O)O1. The smallest absolute Gasteiger partial charge is 0.410 e. The van der Waals surface area contributed by atoms with Crippen LogP contribution in [-0.4, -0.2) is 48.4 Å². The predicted molar refractivity (Wildman–Crippen MR) is 66.4 cm³/mol. The second-order valence-corrected chi connectivity index (χ2v) is 5.40. The van der Waals surface area contributed by atoms with Gasteiger partial charge in [-0.2, -0.15) is 0 Å². The minimum atomic E-state index is -0.513. The van der Waals surface area contributed by atoms with Gasteiger partial charge in [-0.25, -0.2) is 9.59 Å². The van der Waals surface area contributed by atoms with Crippen molar-refractivity contribution in [2.45, 2.75) is 45.8 Å². The van der Waals surface area contributed by atoms with Crippen LogP contribution in [0.25, 0.3) is 0 Å². The first kappa shape index (κ1) is 14.6. The van der Waals surface area contributed by atoms with Crippen LogP contribution in [0.4, 0.5) is 9.59 Å². The average molecular weight is 258 g/mol. The van der Waals surface area contributed by atoms with Gasteiger partial charge in [-0.1, -0.05) is 0 Å². The maximum atomic E-state index is 11.9. The molecule has 2 amide bonds. The Morgan fingerprint density at radius 2 is 2.11 bits per heavy atom. The first-order valence-electron chi connectivity index (χ1n) is 6.20. The highest BCUT2D eigenvalue weighted by Crippen LogP contribution is 2.11. The summed E-state index contributed by atoms with van der Waals surface area (Å²) in [6.07, 6.45) is -0.403. The molecule has 104 valence electrons. The van der Waals surface area contributed by atoms with E-state index in [0.717, 1.165) is 0 Å². The fraction of sp³-hybridized carbons (Fsp3) is 0.833. The molecule has 1 N–H and O–H groups in total. The number of hydrogen-bond donors (Lipinski definition) is 1. The fourth-order valence-electron chi connectivity index (χ4n) is 1.53. The molecule has 0 saturated carbocycles. The van der Waals surface area contributed by atoms with Gasteiger partial charge in [0.2, 0.25) is 0 Å². The van der Waals surface area contributed by atoms with Crippen molar-refractivity contribution in [3.05, 3.63) is 0 Å². The van der Waals surface area contributed by atoms with Crippen molar-refractivity contribution >= 4 is 12.2 Å². The Morgan fingerprint density at radius 1 is 1.44 bits per heavy atom. The summed E-state index contributed by atoms with van der Waals surface area (Å²) in [5.41, 5.74) is -0.513. The molecule has 0 aromatic heterocycles. The predicted octanol–water partition coefficient (Wildman–Crippen LogP) is 1.74. The van der Waals surface area contributed by atoms with Crippen molar-refractivity contribution in [3.8, 4) is 0 Å². The monoisotopic (exact) mass is 258 g/mol. The number of carbonyl (C=O) groups excluding carboxylic acids is 2. The van der Waals surface area contributed by atoms with Crippen LogP contribution in [0.15, 0.2) is 0 Å². The lowest BCUT2D eigenvalue weighted by Gasteiger charge is -2.27. The Bertz CT molecular complexity index is 312. The minimum absolute atomic E-state index is 0.215. The molecule has 0 aliphatic carbocycles. The highest BCUT2D eigenvalue weighted by Gasteiger charge is 2.24. The van der Waals surface area contributed by atoms with Gasteiger partial charge >= 0.3 is 12.2 Å². The number of cyclic esters (lactones) is 1. The molecule has 1 saturated heterocycles. The molecule has 1 atom stereocenters. The molecule has 6 nitrogen and oxygen atoms in total. The average Bonchev–Trinajstić information content (AvgIpc) is 2.26. The van der Waals surface area contributed by atoms with Gasteiger partial charge in [0.1, 0.15) is 11.7 Å². The number of rotatable bonds is 0. The summed E-state index contributed by atoms with van der Waals surface area (Å²) < 4.78 is 10.4. The number of amides is 2.